The van der Waals surface area contributed by atoms with Crippen LogP contribution in [0.4, 0.5) is 0 Å². The molecule has 0 saturated carbocycles. The normalized spacial score (nSPS) is 18.0. The maximum absolute atomic E-state index is 13.1. The molecule has 4 rings (SSSR count). The number of aryl methyl sites for hydroxylation is 1. The molecule has 0 aromatic carbocycles. The number of pyridine rings is 1. The minimum Gasteiger partial charge on any atom is -0.423 e. The van der Waals surface area contributed by atoms with Crippen LogP contribution in [0.1, 0.15) is 53.6 Å². The molecule has 1 aliphatic rings. The van der Waals surface area contributed by atoms with Crippen molar-refractivity contribution in [3.8, 4) is 0 Å². The van der Waals surface area contributed by atoms with Gasteiger partial charge >= 0.3 is 0 Å². The van der Waals surface area contributed by atoms with E-state index in [2.05, 4.69) is 15.2 Å². The van der Waals surface area contributed by atoms with Gasteiger partial charge in [-0.1, -0.05) is 13.8 Å². The van der Waals surface area contributed by atoms with Crippen molar-refractivity contribution in [1.29, 1.82) is 0 Å². The molecular weight excluding hydrogens is 334 g/mol. The number of hydrogen-bond donors (Lipinski definition) is 0. The zero-order valence-corrected chi connectivity index (χ0v) is 15.0. The highest BCUT2D eigenvalue weighted by atomic mass is 16.5. The first-order chi connectivity index (χ1) is 12.5. The highest BCUT2D eigenvalue weighted by Gasteiger charge is 2.34. The SMILES string of the molecule is Cc1ccn2cc(C(=O)N3CCOC[C@H]3c3nnc(C(C)C)o3)nc2c1. The lowest BCUT2D eigenvalue weighted by atomic mass is 10.2. The predicted octanol–water partition coefficient (Wildman–Crippen LogP) is 2.36. The van der Waals surface area contributed by atoms with Gasteiger partial charge in [-0.05, 0) is 24.6 Å². The number of imidazole rings is 1. The molecule has 0 aliphatic carbocycles. The van der Waals surface area contributed by atoms with Crippen molar-refractivity contribution in [1.82, 2.24) is 24.5 Å². The van der Waals surface area contributed by atoms with Gasteiger partial charge in [0.2, 0.25) is 11.8 Å². The molecule has 26 heavy (non-hydrogen) atoms. The first-order valence-electron chi connectivity index (χ1n) is 8.70. The van der Waals surface area contributed by atoms with E-state index < -0.39 is 6.04 Å². The quantitative estimate of drug-likeness (QED) is 0.717. The van der Waals surface area contributed by atoms with Gasteiger partial charge < -0.3 is 18.5 Å². The van der Waals surface area contributed by atoms with Crippen LogP contribution in [0.3, 0.4) is 0 Å². The number of fused-ring (bicyclic) bond motifs is 1. The Bertz CT molecular complexity index is 945. The molecule has 8 heteroatoms. The Morgan fingerprint density at radius 3 is 2.96 bits per heavy atom. The number of ether oxygens (including phenoxy) is 1. The maximum Gasteiger partial charge on any atom is 0.274 e. The van der Waals surface area contributed by atoms with E-state index in [1.54, 1.807) is 11.1 Å². The number of hydrogen-bond acceptors (Lipinski definition) is 6. The fourth-order valence-corrected chi connectivity index (χ4v) is 3.00. The van der Waals surface area contributed by atoms with Gasteiger partial charge in [-0.25, -0.2) is 4.98 Å². The molecule has 3 aromatic heterocycles. The predicted molar refractivity (Wildman–Crippen MR) is 92.9 cm³/mol. The van der Waals surface area contributed by atoms with E-state index in [4.69, 9.17) is 9.15 Å². The van der Waals surface area contributed by atoms with Crippen molar-refractivity contribution < 1.29 is 13.9 Å². The van der Waals surface area contributed by atoms with Crippen LogP contribution >= 0.6 is 0 Å². The average Bonchev–Trinajstić information content (AvgIpc) is 3.28. The Morgan fingerprint density at radius 1 is 1.35 bits per heavy atom. The summed E-state index contributed by atoms with van der Waals surface area (Å²) in [4.78, 5) is 19.3. The Hall–Kier alpha value is -2.74. The summed E-state index contributed by atoms with van der Waals surface area (Å²) in [6.07, 6.45) is 3.65. The van der Waals surface area contributed by atoms with Crippen molar-refractivity contribution in [2.24, 2.45) is 0 Å². The van der Waals surface area contributed by atoms with Crippen LogP contribution < -0.4 is 0 Å². The molecule has 4 heterocycles. The van der Waals surface area contributed by atoms with Crippen LogP contribution in [0.25, 0.3) is 5.65 Å². The van der Waals surface area contributed by atoms with Gasteiger partial charge in [0.25, 0.3) is 5.91 Å². The van der Waals surface area contributed by atoms with Gasteiger partial charge in [0.15, 0.2) is 0 Å². The number of nitrogens with zero attached hydrogens (tertiary/aromatic N) is 5. The topological polar surface area (TPSA) is 85.8 Å². The summed E-state index contributed by atoms with van der Waals surface area (Å²) < 4.78 is 13.2. The van der Waals surface area contributed by atoms with E-state index in [1.165, 1.54) is 0 Å². The number of morpholine rings is 1. The highest BCUT2D eigenvalue weighted by Crippen LogP contribution is 2.26. The average molecular weight is 355 g/mol. The molecule has 0 bridgehead atoms. The van der Waals surface area contributed by atoms with Crippen LogP contribution in [0.15, 0.2) is 28.9 Å². The molecule has 1 fully saturated rings. The van der Waals surface area contributed by atoms with E-state index in [0.29, 0.717) is 37.2 Å². The smallest absolute Gasteiger partial charge is 0.274 e. The fourth-order valence-electron chi connectivity index (χ4n) is 3.00. The summed E-state index contributed by atoms with van der Waals surface area (Å²) >= 11 is 0. The number of carbonyl (C=O) groups is 1. The molecule has 136 valence electrons. The minimum absolute atomic E-state index is 0.131. The van der Waals surface area contributed by atoms with Gasteiger partial charge in [-0.15, -0.1) is 10.2 Å². The van der Waals surface area contributed by atoms with Gasteiger partial charge in [-0.3, -0.25) is 4.79 Å². The monoisotopic (exact) mass is 355 g/mol. The van der Waals surface area contributed by atoms with E-state index in [-0.39, 0.29) is 11.8 Å². The van der Waals surface area contributed by atoms with Gasteiger partial charge in [0.05, 0.1) is 13.2 Å². The Balaban J connectivity index is 1.64. The number of aromatic nitrogens is 4. The van der Waals surface area contributed by atoms with Crippen molar-refractivity contribution in [2.45, 2.75) is 32.7 Å². The maximum atomic E-state index is 13.1. The van der Waals surface area contributed by atoms with Crippen LogP contribution in [0, 0.1) is 6.92 Å². The van der Waals surface area contributed by atoms with Gasteiger partial charge in [0, 0.05) is 24.9 Å². The van der Waals surface area contributed by atoms with Crippen molar-refractivity contribution in [3.05, 3.63) is 47.6 Å². The second-order valence-electron chi connectivity index (χ2n) is 6.82. The fraction of sp³-hybridized carbons (Fsp3) is 0.444. The molecule has 1 aliphatic heterocycles. The third-order valence-corrected chi connectivity index (χ3v) is 4.46. The molecule has 0 spiro atoms. The highest BCUT2D eigenvalue weighted by molar-refractivity contribution is 5.93. The van der Waals surface area contributed by atoms with Crippen LogP contribution in [-0.2, 0) is 4.74 Å². The second kappa shape index (κ2) is 6.53. The molecule has 3 aromatic rings. The van der Waals surface area contributed by atoms with Crippen LogP contribution in [-0.4, -0.2) is 50.1 Å². The molecule has 0 N–H and O–H groups in total. The summed E-state index contributed by atoms with van der Waals surface area (Å²) in [5, 5.41) is 8.20. The lowest BCUT2D eigenvalue weighted by Gasteiger charge is -2.32. The molecule has 0 unspecified atom stereocenters. The van der Waals surface area contributed by atoms with E-state index in [1.807, 2.05) is 43.5 Å². The third-order valence-electron chi connectivity index (χ3n) is 4.46. The molecule has 1 atom stereocenters. The lowest BCUT2D eigenvalue weighted by Crippen LogP contribution is -2.43. The minimum atomic E-state index is -0.400. The lowest BCUT2D eigenvalue weighted by molar-refractivity contribution is -0.0110. The van der Waals surface area contributed by atoms with E-state index in [0.717, 1.165) is 11.2 Å². The molecule has 1 saturated heterocycles. The molecule has 0 radical (unpaired) electrons. The number of rotatable bonds is 3. The standard InChI is InChI=1S/C18H21N5O3/c1-11(2)16-20-21-17(26-16)14-10-25-7-6-23(14)18(24)13-9-22-5-4-12(3)8-15(22)19-13/h4-5,8-9,11,14H,6-7,10H2,1-3H3/t14-/m0/s1. The summed E-state index contributed by atoms with van der Waals surface area (Å²) in [5.41, 5.74) is 2.24. The summed E-state index contributed by atoms with van der Waals surface area (Å²) in [7, 11) is 0. The van der Waals surface area contributed by atoms with Crippen molar-refractivity contribution >= 4 is 11.6 Å². The van der Waals surface area contributed by atoms with E-state index in [9.17, 15) is 4.79 Å². The molecular formula is C18H21N5O3. The second-order valence-corrected chi connectivity index (χ2v) is 6.82. The Morgan fingerprint density at radius 2 is 2.19 bits per heavy atom. The van der Waals surface area contributed by atoms with Gasteiger partial charge in [-0.2, -0.15) is 0 Å². The first-order valence-corrected chi connectivity index (χ1v) is 8.70. The van der Waals surface area contributed by atoms with Crippen molar-refractivity contribution in [2.75, 3.05) is 19.8 Å². The zero-order valence-electron chi connectivity index (χ0n) is 15.0. The van der Waals surface area contributed by atoms with E-state index >= 15 is 0 Å². The molecule has 8 nitrogen and oxygen atoms in total. The summed E-state index contributed by atoms with van der Waals surface area (Å²) in [6.45, 7) is 7.22. The number of carbonyl (C=O) groups excluding carboxylic acids is 1. The van der Waals surface area contributed by atoms with Gasteiger partial charge in [0.1, 0.15) is 17.4 Å². The Kier molecular flexibility index (Phi) is 4.20. The first kappa shape index (κ1) is 16.7. The summed E-state index contributed by atoms with van der Waals surface area (Å²) in [6, 6.07) is 3.52. The Labute approximate surface area is 150 Å². The number of amides is 1. The summed E-state index contributed by atoms with van der Waals surface area (Å²) in [5.74, 6) is 0.929. The van der Waals surface area contributed by atoms with Crippen LogP contribution in [0.2, 0.25) is 0 Å². The molecule has 1 amide bonds. The largest absolute Gasteiger partial charge is 0.423 e. The van der Waals surface area contributed by atoms with Crippen LogP contribution in [0.5, 0.6) is 0 Å². The third kappa shape index (κ3) is 2.96. The zero-order chi connectivity index (χ0) is 18.3. The van der Waals surface area contributed by atoms with Crippen molar-refractivity contribution in [3.63, 3.8) is 0 Å².